The summed E-state index contributed by atoms with van der Waals surface area (Å²) in [4.78, 5) is 4.02. The number of rotatable bonds is 3. The van der Waals surface area contributed by atoms with Crippen LogP contribution in [0.4, 0.5) is 13.2 Å². The van der Waals surface area contributed by atoms with E-state index >= 15 is 0 Å². The molecule has 1 saturated heterocycles. The van der Waals surface area contributed by atoms with Crippen LogP contribution in [0.25, 0.3) is 11.5 Å². The van der Waals surface area contributed by atoms with Crippen molar-refractivity contribution in [1.29, 1.82) is 0 Å². The van der Waals surface area contributed by atoms with Gasteiger partial charge in [-0.3, -0.25) is 0 Å². The summed E-state index contributed by atoms with van der Waals surface area (Å²) in [5, 5.41) is 7.02. The Labute approximate surface area is 119 Å². The van der Waals surface area contributed by atoms with Gasteiger partial charge < -0.3 is 9.84 Å². The molecule has 0 amide bonds. The van der Waals surface area contributed by atoms with Crippen LogP contribution in [0, 0.1) is 23.4 Å². The Hall–Kier alpha value is -1.89. The van der Waals surface area contributed by atoms with Crippen molar-refractivity contribution in [3.8, 4) is 11.5 Å². The highest BCUT2D eigenvalue weighted by molar-refractivity contribution is 5.54. The van der Waals surface area contributed by atoms with Crippen LogP contribution in [0.1, 0.15) is 18.7 Å². The smallest absolute Gasteiger partial charge is 0.263 e. The average Bonchev–Trinajstić information content (AvgIpc) is 2.87. The molecule has 2 heterocycles. The maximum absolute atomic E-state index is 13.6. The number of hydrogen-bond acceptors (Lipinski definition) is 4. The minimum atomic E-state index is -1.05. The highest BCUT2D eigenvalue weighted by atomic mass is 19.1. The summed E-state index contributed by atoms with van der Waals surface area (Å²) in [7, 11) is 0. The molecule has 1 aromatic heterocycles. The molecule has 0 saturated carbocycles. The van der Waals surface area contributed by atoms with Gasteiger partial charge in [-0.15, -0.1) is 0 Å². The molecule has 7 heteroatoms. The fraction of sp³-hybridized carbons (Fsp3) is 0.429. The minimum Gasteiger partial charge on any atom is -0.334 e. The number of aromatic nitrogens is 2. The van der Waals surface area contributed by atoms with Crippen molar-refractivity contribution >= 4 is 0 Å². The van der Waals surface area contributed by atoms with Crippen molar-refractivity contribution < 1.29 is 17.7 Å². The maximum atomic E-state index is 13.6. The highest BCUT2D eigenvalue weighted by Gasteiger charge is 2.21. The number of halogens is 3. The quantitative estimate of drug-likeness (QED) is 0.946. The fourth-order valence-electron chi connectivity index (χ4n) is 2.54. The zero-order chi connectivity index (χ0) is 14.8. The van der Waals surface area contributed by atoms with Crippen LogP contribution in [0.5, 0.6) is 0 Å². The number of benzene rings is 1. The molecular weight excluding hydrogens is 283 g/mol. The second-order valence-electron chi connectivity index (χ2n) is 5.18. The molecule has 1 unspecified atom stereocenters. The largest absolute Gasteiger partial charge is 0.334 e. The molecule has 112 valence electrons. The Morgan fingerprint density at radius 1 is 1.24 bits per heavy atom. The summed E-state index contributed by atoms with van der Waals surface area (Å²) in [6.45, 7) is 1.86. The van der Waals surface area contributed by atoms with E-state index in [-0.39, 0.29) is 5.89 Å². The topological polar surface area (TPSA) is 51.0 Å². The molecule has 0 bridgehead atoms. The van der Waals surface area contributed by atoms with Crippen molar-refractivity contribution in [1.82, 2.24) is 15.5 Å². The third-order valence-corrected chi connectivity index (χ3v) is 3.56. The van der Waals surface area contributed by atoms with Gasteiger partial charge in [0.2, 0.25) is 0 Å². The van der Waals surface area contributed by atoms with E-state index in [9.17, 15) is 13.2 Å². The lowest BCUT2D eigenvalue weighted by atomic mass is 9.96. The predicted octanol–water partition coefficient (Wildman–Crippen LogP) is 2.70. The van der Waals surface area contributed by atoms with E-state index in [1.165, 1.54) is 0 Å². The van der Waals surface area contributed by atoms with Crippen molar-refractivity contribution in [2.75, 3.05) is 13.1 Å². The number of hydrogen-bond donors (Lipinski definition) is 1. The third kappa shape index (κ3) is 3.07. The molecule has 4 nitrogen and oxygen atoms in total. The van der Waals surface area contributed by atoms with Crippen LogP contribution in [0.2, 0.25) is 0 Å². The van der Waals surface area contributed by atoms with E-state index in [0.29, 0.717) is 30.3 Å². The van der Waals surface area contributed by atoms with E-state index in [4.69, 9.17) is 4.52 Å². The number of nitrogens with one attached hydrogen (secondary N) is 1. The van der Waals surface area contributed by atoms with Gasteiger partial charge in [0.15, 0.2) is 5.82 Å². The van der Waals surface area contributed by atoms with Crippen molar-refractivity contribution in [2.24, 2.45) is 5.92 Å². The molecular formula is C14H14F3N3O. The molecule has 21 heavy (non-hydrogen) atoms. The first-order valence-electron chi connectivity index (χ1n) is 6.81. The summed E-state index contributed by atoms with van der Waals surface area (Å²) in [5.74, 6) is -2.57. The maximum Gasteiger partial charge on any atom is 0.263 e. The molecule has 0 radical (unpaired) electrons. The molecule has 3 rings (SSSR count). The van der Waals surface area contributed by atoms with Crippen LogP contribution in [-0.4, -0.2) is 23.2 Å². The summed E-state index contributed by atoms with van der Waals surface area (Å²) in [6, 6.07) is 1.18. The summed E-state index contributed by atoms with van der Waals surface area (Å²) in [5.41, 5.74) is -0.489. The van der Waals surface area contributed by atoms with Crippen LogP contribution in [0.3, 0.4) is 0 Å². The van der Waals surface area contributed by atoms with Crippen LogP contribution in [-0.2, 0) is 6.42 Å². The van der Waals surface area contributed by atoms with E-state index in [0.717, 1.165) is 25.9 Å². The van der Waals surface area contributed by atoms with Gasteiger partial charge in [0.05, 0.1) is 0 Å². The first-order valence-corrected chi connectivity index (χ1v) is 6.81. The second-order valence-corrected chi connectivity index (χ2v) is 5.18. The first-order chi connectivity index (χ1) is 10.1. The van der Waals surface area contributed by atoms with Crippen molar-refractivity contribution in [2.45, 2.75) is 19.3 Å². The Kier molecular flexibility index (Phi) is 3.92. The highest BCUT2D eigenvalue weighted by Crippen LogP contribution is 2.26. The normalized spacial score (nSPS) is 18.9. The molecule has 0 aliphatic carbocycles. The minimum absolute atomic E-state index is 0.260. The van der Waals surface area contributed by atoms with Gasteiger partial charge >= 0.3 is 0 Å². The number of piperidine rings is 1. The second kappa shape index (κ2) is 5.85. The monoisotopic (exact) mass is 297 g/mol. The Morgan fingerprint density at radius 2 is 2.00 bits per heavy atom. The Balaban J connectivity index is 1.81. The van der Waals surface area contributed by atoms with Crippen LogP contribution >= 0.6 is 0 Å². The van der Waals surface area contributed by atoms with Gasteiger partial charge in [-0.05, 0) is 31.8 Å². The standard InChI is InChI=1S/C14H14F3N3O/c15-9-5-10(16)13(11(17)6-9)14-19-12(20-21-14)4-8-2-1-3-18-7-8/h5-6,8,18H,1-4,7H2. The molecule has 0 spiro atoms. The van der Waals surface area contributed by atoms with Crippen molar-refractivity contribution in [3.05, 3.63) is 35.4 Å². The average molecular weight is 297 g/mol. The first kappa shape index (κ1) is 14.1. The molecule has 1 fully saturated rings. The molecule has 1 aliphatic heterocycles. The van der Waals surface area contributed by atoms with E-state index < -0.39 is 23.0 Å². The van der Waals surface area contributed by atoms with Gasteiger partial charge in [0.1, 0.15) is 23.0 Å². The van der Waals surface area contributed by atoms with Gasteiger partial charge in [-0.25, -0.2) is 13.2 Å². The van der Waals surface area contributed by atoms with Crippen LogP contribution < -0.4 is 5.32 Å². The van der Waals surface area contributed by atoms with E-state index in [1.54, 1.807) is 0 Å². The summed E-state index contributed by atoms with van der Waals surface area (Å²) >= 11 is 0. The third-order valence-electron chi connectivity index (χ3n) is 3.56. The van der Waals surface area contributed by atoms with E-state index in [2.05, 4.69) is 15.5 Å². The van der Waals surface area contributed by atoms with Gasteiger partial charge in [0, 0.05) is 18.6 Å². The van der Waals surface area contributed by atoms with E-state index in [1.807, 2.05) is 0 Å². The molecule has 2 aromatic rings. The Bertz CT molecular complexity index is 615. The zero-order valence-electron chi connectivity index (χ0n) is 11.2. The van der Waals surface area contributed by atoms with Gasteiger partial charge in [0.25, 0.3) is 5.89 Å². The van der Waals surface area contributed by atoms with Gasteiger partial charge in [-0.1, -0.05) is 5.16 Å². The molecule has 1 aromatic carbocycles. The summed E-state index contributed by atoms with van der Waals surface area (Å²) in [6.07, 6.45) is 2.72. The summed E-state index contributed by atoms with van der Waals surface area (Å²) < 4.78 is 45.1. The predicted molar refractivity (Wildman–Crippen MR) is 68.9 cm³/mol. The zero-order valence-corrected chi connectivity index (χ0v) is 11.2. The Morgan fingerprint density at radius 3 is 2.67 bits per heavy atom. The fourth-order valence-corrected chi connectivity index (χ4v) is 2.54. The number of nitrogens with zero attached hydrogens (tertiary/aromatic N) is 2. The van der Waals surface area contributed by atoms with Gasteiger partial charge in [-0.2, -0.15) is 4.98 Å². The van der Waals surface area contributed by atoms with Crippen LogP contribution in [0.15, 0.2) is 16.7 Å². The van der Waals surface area contributed by atoms with Crippen molar-refractivity contribution in [3.63, 3.8) is 0 Å². The molecule has 1 N–H and O–H groups in total. The lowest BCUT2D eigenvalue weighted by Crippen LogP contribution is -2.31. The molecule has 1 aliphatic rings. The lowest BCUT2D eigenvalue weighted by molar-refractivity contribution is 0.359. The lowest BCUT2D eigenvalue weighted by Gasteiger charge is -2.20. The SMILES string of the molecule is Fc1cc(F)c(-c2nc(CC3CCCNC3)no2)c(F)c1. The molecule has 1 atom stereocenters.